The van der Waals surface area contributed by atoms with Crippen LogP contribution in [0.1, 0.15) is 0 Å². The molecule has 1 saturated heterocycles. The van der Waals surface area contributed by atoms with Gasteiger partial charge in [-0.2, -0.15) is 5.26 Å². The van der Waals surface area contributed by atoms with E-state index in [-0.39, 0.29) is 24.0 Å². The lowest BCUT2D eigenvalue weighted by Crippen LogP contribution is -2.38. The van der Waals surface area contributed by atoms with Gasteiger partial charge in [0, 0.05) is 37.4 Å². The normalized spacial score (nSPS) is 14.0. The monoisotopic (exact) mass is 480 g/mol. The summed E-state index contributed by atoms with van der Waals surface area (Å²) in [5, 5.41) is 18.5. The number of carbonyl (C=O) groups excluding carboxylic acids is 1. The minimum atomic E-state index is -0.318. The summed E-state index contributed by atoms with van der Waals surface area (Å²) >= 11 is 1.28. The standard InChI is InChI=1S/C24H25FN6O2S/c25-20-8-6-19(7-9-20)23-27-28-24(31(23)13-12-29-14-16-33-17-15-29)34-18-22(32)30(11-10-26)21-4-2-1-3-5-21/h1-9H,11-18H2. The summed E-state index contributed by atoms with van der Waals surface area (Å²) in [6.45, 7) is 4.49. The number of thioether (sulfide) groups is 1. The van der Waals surface area contributed by atoms with Gasteiger partial charge in [-0.3, -0.25) is 14.6 Å². The van der Waals surface area contributed by atoms with Crippen LogP contribution in [0.15, 0.2) is 59.8 Å². The Kier molecular flexibility index (Phi) is 8.25. The van der Waals surface area contributed by atoms with Crippen molar-refractivity contribution in [1.82, 2.24) is 19.7 Å². The van der Waals surface area contributed by atoms with Crippen LogP contribution in [0, 0.1) is 17.1 Å². The van der Waals surface area contributed by atoms with Crippen LogP contribution in [0.2, 0.25) is 0 Å². The van der Waals surface area contributed by atoms with E-state index in [1.54, 1.807) is 24.3 Å². The SMILES string of the molecule is N#CCN(C(=O)CSc1nnc(-c2ccc(F)cc2)n1CCN1CCOCC1)c1ccccc1. The maximum Gasteiger partial charge on any atom is 0.238 e. The molecule has 10 heteroatoms. The van der Waals surface area contributed by atoms with Gasteiger partial charge in [0.2, 0.25) is 5.91 Å². The maximum absolute atomic E-state index is 13.5. The van der Waals surface area contributed by atoms with Gasteiger partial charge in [0.1, 0.15) is 12.4 Å². The topological polar surface area (TPSA) is 87.3 Å². The molecule has 1 aromatic heterocycles. The number of rotatable bonds is 9. The Morgan fingerprint density at radius 2 is 1.82 bits per heavy atom. The average Bonchev–Trinajstić information content (AvgIpc) is 3.29. The third-order valence-electron chi connectivity index (χ3n) is 5.49. The molecule has 0 bridgehead atoms. The van der Waals surface area contributed by atoms with Gasteiger partial charge in [-0.25, -0.2) is 4.39 Å². The molecule has 0 unspecified atom stereocenters. The van der Waals surface area contributed by atoms with Gasteiger partial charge >= 0.3 is 0 Å². The van der Waals surface area contributed by atoms with Crippen molar-refractivity contribution in [3.8, 4) is 17.5 Å². The number of nitriles is 1. The summed E-state index contributed by atoms with van der Waals surface area (Å²) in [5.74, 6) is 0.223. The zero-order valence-electron chi connectivity index (χ0n) is 18.6. The highest BCUT2D eigenvalue weighted by molar-refractivity contribution is 7.99. The highest BCUT2D eigenvalue weighted by Crippen LogP contribution is 2.25. The fourth-order valence-electron chi connectivity index (χ4n) is 3.68. The quantitative estimate of drug-likeness (QED) is 0.344. The molecule has 0 radical (unpaired) electrons. The Bertz CT molecular complexity index is 1130. The molecule has 1 fully saturated rings. The Hall–Kier alpha value is -3.26. The van der Waals surface area contributed by atoms with E-state index in [4.69, 9.17) is 4.74 Å². The molecule has 0 N–H and O–H groups in total. The van der Waals surface area contributed by atoms with Crippen molar-refractivity contribution in [3.63, 3.8) is 0 Å². The van der Waals surface area contributed by atoms with Crippen molar-refractivity contribution in [2.24, 2.45) is 0 Å². The minimum Gasteiger partial charge on any atom is -0.379 e. The molecule has 176 valence electrons. The number of aromatic nitrogens is 3. The predicted molar refractivity (Wildman–Crippen MR) is 128 cm³/mol. The largest absolute Gasteiger partial charge is 0.379 e. The molecule has 2 heterocycles. The molecule has 0 saturated carbocycles. The van der Waals surface area contributed by atoms with Crippen LogP contribution >= 0.6 is 11.8 Å². The van der Waals surface area contributed by atoms with Crippen molar-refractivity contribution in [3.05, 3.63) is 60.4 Å². The second kappa shape index (κ2) is 11.7. The van der Waals surface area contributed by atoms with Crippen molar-refractivity contribution in [1.29, 1.82) is 5.26 Å². The fraction of sp³-hybridized carbons (Fsp3) is 0.333. The fourth-order valence-corrected chi connectivity index (χ4v) is 4.52. The molecule has 3 aromatic rings. The number of hydrogen-bond donors (Lipinski definition) is 0. The van der Waals surface area contributed by atoms with Crippen LogP contribution < -0.4 is 4.90 Å². The van der Waals surface area contributed by atoms with E-state index in [0.29, 0.717) is 36.4 Å². The molecule has 34 heavy (non-hydrogen) atoms. The summed E-state index contributed by atoms with van der Waals surface area (Å²) < 4.78 is 20.9. The zero-order chi connectivity index (χ0) is 23.8. The first kappa shape index (κ1) is 23.9. The number of amides is 1. The molecular formula is C24H25FN6O2S. The number of ether oxygens (including phenoxy) is 1. The number of benzene rings is 2. The Morgan fingerprint density at radius 1 is 1.09 bits per heavy atom. The Labute approximate surface area is 201 Å². The maximum atomic E-state index is 13.5. The first-order chi connectivity index (χ1) is 16.7. The Morgan fingerprint density at radius 3 is 2.53 bits per heavy atom. The molecule has 1 aliphatic rings. The van der Waals surface area contributed by atoms with Crippen molar-refractivity contribution < 1.29 is 13.9 Å². The van der Waals surface area contributed by atoms with Crippen molar-refractivity contribution in [2.45, 2.75) is 11.7 Å². The second-order valence-corrected chi connectivity index (χ2v) is 8.62. The molecule has 1 amide bonds. The molecule has 0 atom stereocenters. The minimum absolute atomic E-state index is 0.0338. The lowest BCUT2D eigenvalue weighted by atomic mass is 10.2. The van der Waals surface area contributed by atoms with E-state index in [2.05, 4.69) is 21.2 Å². The number of morpholine rings is 1. The molecule has 0 spiro atoms. The smallest absolute Gasteiger partial charge is 0.238 e. The number of anilines is 1. The number of para-hydroxylation sites is 1. The van der Waals surface area contributed by atoms with Crippen molar-refractivity contribution >= 4 is 23.4 Å². The van der Waals surface area contributed by atoms with Crippen LogP contribution in [0.25, 0.3) is 11.4 Å². The van der Waals surface area contributed by atoms with E-state index >= 15 is 0 Å². The van der Waals surface area contributed by atoms with Gasteiger partial charge in [-0.1, -0.05) is 30.0 Å². The first-order valence-electron chi connectivity index (χ1n) is 11.0. The third kappa shape index (κ3) is 5.99. The first-order valence-corrected chi connectivity index (χ1v) is 12.0. The summed E-state index contributed by atoms with van der Waals surface area (Å²) in [7, 11) is 0. The van der Waals surface area contributed by atoms with Gasteiger partial charge in [0.25, 0.3) is 0 Å². The van der Waals surface area contributed by atoms with Gasteiger partial charge in [0.05, 0.1) is 25.0 Å². The van der Waals surface area contributed by atoms with Crippen LogP contribution in [0.4, 0.5) is 10.1 Å². The second-order valence-electron chi connectivity index (χ2n) is 7.68. The van der Waals surface area contributed by atoms with Gasteiger partial charge in [-0.15, -0.1) is 10.2 Å². The highest BCUT2D eigenvalue weighted by atomic mass is 32.2. The van der Waals surface area contributed by atoms with E-state index in [1.165, 1.54) is 28.8 Å². The molecular weight excluding hydrogens is 455 g/mol. The summed E-state index contributed by atoms with van der Waals surface area (Å²) in [4.78, 5) is 16.7. The van der Waals surface area contributed by atoms with E-state index in [0.717, 1.165) is 25.2 Å². The van der Waals surface area contributed by atoms with E-state index in [9.17, 15) is 14.4 Å². The summed E-state index contributed by atoms with van der Waals surface area (Å²) in [5.41, 5.74) is 1.43. The molecule has 2 aromatic carbocycles. The zero-order valence-corrected chi connectivity index (χ0v) is 19.5. The van der Waals surface area contributed by atoms with Crippen LogP contribution in [-0.2, 0) is 16.1 Å². The van der Waals surface area contributed by atoms with Gasteiger partial charge < -0.3 is 9.30 Å². The van der Waals surface area contributed by atoms with Crippen LogP contribution in [0.3, 0.4) is 0 Å². The molecule has 1 aliphatic heterocycles. The van der Waals surface area contributed by atoms with Crippen molar-refractivity contribution in [2.75, 3.05) is 50.0 Å². The lowest BCUT2D eigenvalue weighted by molar-refractivity contribution is -0.116. The molecule has 0 aliphatic carbocycles. The Balaban J connectivity index is 1.52. The van der Waals surface area contributed by atoms with E-state index < -0.39 is 0 Å². The number of nitrogens with zero attached hydrogens (tertiary/aromatic N) is 6. The number of hydrogen-bond acceptors (Lipinski definition) is 7. The summed E-state index contributed by atoms with van der Waals surface area (Å²) in [6.07, 6.45) is 0. The third-order valence-corrected chi connectivity index (χ3v) is 6.44. The lowest BCUT2D eigenvalue weighted by Gasteiger charge is -2.27. The van der Waals surface area contributed by atoms with Crippen LogP contribution in [0.5, 0.6) is 0 Å². The van der Waals surface area contributed by atoms with E-state index in [1.807, 2.05) is 22.8 Å². The predicted octanol–water partition coefficient (Wildman–Crippen LogP) is 3.07. The summed E-state index contributed by atoms with van der Waals surface area (Å²) in [6, 6.07) is 17.3. The number of carbonyl (C=O) groups is 1. The molecule has 8 nitrogen and oxygen atoms in total. The molecule has 4 rings (SSSR count). The van der Waals surface area contributed by atoms with Gasteiger partial charge in [-0.05, 0) is 36.4 Å². The number of halogens is 1. The van der Waals surface area contributed by atoms with Gasteiger partial charge in [0.15, 0.2) is 11.0 Å². The van der Waals surface area contributed by atoms with Crippen LogP contribution in [-0.4, -0.2) is 70.7 Å². The highest BCUT2D eigenvalue weighted by Gasteiger charge is 2.20. The average molecular weight is 481 g/mol.